The van der Waals surface area contributed by atoms with Gasteiger partial charge in [-0.1, -0.05) is 24.2 Å². The van der Waals surface area contributed by atoms with Crippen molar-refractivity contribution in [2.45, 2.75) is 39.0 Å². The molecule has 1 aromatic carbocycles. The Kier molecular flexibility index (Phi) is 5.55. The lowest BCUT2D eigenvalue weighted by molar-refractivity contribution is 0.165. The van der Waals surface area contributed by atoms with Gasteiger partial charge in [-0.15, -0.1) is 0 Å². The van der Waals surface area contributed by atoms with Crippen LogP contribution in [0.4, 0.5) is 4.79 Å². The first-order chi connectivity index (χ1) is 13.7. The van der Waals surface area contributed by atoms with E-state index >= 15 is 0 Å². The second-order valence-electron chi connectivity index (χ2n) is 7.30. The molecule has 28 heavy (non-hydrogen) atoms. The molecule has 0 saturated carbocycles. The average molecular weight is 382 g/mol. The maximum atomic E-state index is 12.5. The van der Waals surface area contributed by atoms with Crippen molar-refractivity contribution >= 4 is 17.1 Å². The molecule has 8 heteroatoms. The van der Waals surface area contributed by atoms with Gasteiger partial charge >= 0.3 is 6.03 Å². The summed E-state index contributed by atoms with van der Waals surface area (Å²) in [6, 6.07) is 8.04. The standard InChI is InChI=1S/C20H26N6O2/c1-2-19-24-17(25-28-19)9-10-21-20(27)26-11-5-6-14(13-26)12-18-22-15-7-3-4-8-16(15)23-18/h3-4,7-8,14H,2,5-6,9-13H2,1H3,(H,21,27)(H,22,23)/t14-/m0/s1. The molecule has 2 aromatic heterocycles. The highest BCUT2D eigenvalue weighted by Gasteiger charge is 2.24. The van der Waals surface area contributed by atoms with Crippen LogP contribution in [-0.2, 0) is 19.3 Å². The minimum atomic E-state index is -0.0199. The van der Waals surface area contributed by atoms with Crippen LogP contribution < -0.4 is 5.32 Å². The van der Waals surface area contributed by atoms with Gasteiger partial charge in [0.1, 0.15) is 5.82 Å². The molecule has 3 heterocycles. The van der Waals surface area contributed by atoms with Crippen molar-refractivity contribution in [3.63, 3.8) is 0 Å². The van der Waals surface area contributed by atoms with E-state index in [0.717, 1.165) is 55.6 Å². The van der Waals surface area contributed by atoms with Crippen molar-refractivity contribution in [1.29, 1.82) is 0 Å². The number of likely N-dealkylation sites (tertiary alicyclic amines) is 1. The number of carbonyl (C=O) groups is 1. The Bertz CT molecular complexity index is 901. The summed E-state index contributed by atoms with van der Waals surface area (Å²) in [5, 5.41) is 6.89. The number of H-pyrrole nitrogens is 1. The molecule has 0 radical (unpaired) electrons. The van der Waals surface area contributed by atoms with Gasteiger partial charge in [-0.05, 0) is 30.9 Å². The number of benzene rings is 1. The molecular formula is C20H26N6O2. The van der Waals surface area contributed by atoms with Gasteiger partial charge in [0.2, 0.25) is 5.89 Å². The van der Waals surface area contributed by atoms with Gasteiger partial charge in [0.15, 0.2) is 5.82 Å². The zero-order chi connectivity index (χ0) is 19.3. The highest BCUT2D eigenvalue weighted by Crippen LogP contribution is 2.21. The predicted molar refractivity (Wildman–Crippen MR) is 105 cm³/mol. The van der Waals surface area contributed by atoms with E-state index in [1.807, 2.05) is 36.1 Å². The SMILES string of the molecule is CCc1nc(CCNC(=O)N2CCC[C@@H](Cc3nc4ccccc4[nH]3)C2)no1. The lowest BCUT2D eigenvalue weighted by atomic mass is 9.95. The van der Waals surface area contributed by atoms with E-state index in [1.54, 1.807) is 0 Å². The zero-order valence-corrected chi connectivity index (χ0v) is 16.1. The number of hydrogen-bond acceptors (Lipinski definition) is 5. The van der Waals surface area contributed by atoms with Gasteiger partial charge in [-0.3, -0.25) is 0 Å². The van der Waals surface area contributed by atoms with Crippen LogP contribution in [0.2, 0.25) is 0 Å². The van der Waals surface area contributed by atoms with Crippen molar-refractivity contribution in [3.8, 4) is 0 Å². The fourth-order valence-electron chi connectivity index (χ4n) is 3.72. The Balaban J connectivity index is 1.27. The third kappa shape index (κ3) is 4.32. The number of para-hydroxylation sites is 2. The molecule has 1 saturated heterocycles. The predicted octanol–water partition coefficient (Wildman–Crippen LogP) is 2.72. The van der Waals surface area contributed by atoms with Crippen molar-refractivity contribution in [2.75, 3.05) is 19.6 Å². The first-order valence-electron chi connectivity index (χ1n) is 9.99. The topological polar surface area (TPSA) is 99.9 Å². The molecular weight excluding hydrogens is 356 g/mol. The van der Waals surface area contributed by atoms with E-state index in [-0.39, 0.29) is 6.03 Å². The summed E-state index contributed by atoms with van der Waals surface area (Å²) < 4.78 is 5.09. The van der Waals surface area contributed by atoms with Crippen molar-refractivity contribution < 1.29 is 9.32 Å². The van der Waals surface area contributed by atoms with Crippen molar-refractivity contribution in [1.82, 2.24) is 30.3 Å². The molecule has 0 unspecified atom stereocenters. The Morgan fingerprint density at radius 3 is 3.07 bits per heavy atom. The number of nitrogens with one attached hydrogen (secondary N) is 2. The third-order valence-corrected chi connectivity index (χ3v) is 5.16. The lowest BCUT2D eigenvalue weighted by Gasteiger charge is -2.32. The molecule has 2 N–H and O–H groups in total. The summed E-state index contributed by atoms with van der Waals surface area (Å²) in [4.78, 5) is 26.7. The number of hydrogen-bond donors (Lipinski definition) is 2. The Labute approximate surface area is 163 Å². The molecule has 0 spiro atoms. The Hall–Kier alpha value is -2.90. The molecule has 2 amide bonds. The van der Waals surface area contributed by atoms with Gasteiger partial charge in [-0.25, -0.2) is 9.78 Å². The maximum absolute atomic E-state index is 12.5. The van der Waals surface area contributed by atoms with Gasteiger partial charge in [0.05, 0.1) is 11.0 Å². The second kappa shape index (κ2) is 8.41. The summed E-state index contributed by atoms with van der Waals surface area (Å²) in [5.41, 5.74) is 2.06. The van der Waals surface area contributed by atoms with Gasteiger partial charge < -0.3 is 19.7 Å². The second-order valence-corrected chi connectivity index (χ2v) is 7.30. The van der Waals surface area contributed by atoms with Gasteiger partial charge in [0.25, 0.3) is 0 Å². The van der Waals surface area contributed by atoms with Crippen molar-refractivity contribution in [3.05, 3.63) is 41.8 Å². The molecule has 1 aliphatic heterocycles. The number of urea groups is 1. The van der Waals surface area contributed by atoms with E-state index in [2.05, 4.69) is 25.4 Å². The smallest absolute Gasteiger partial charge is 0.317 e. The first-order valence-corrected chi connectivity index (χ1v) is 9.99. The normalized spacial score (nSPS) is 17.2. The highest BCUT2D eigenvalue weighted by molar-refractivity contribution is 5.75. The minimum Gasteiger partial charge on any atom is -0.342 e. The van der Waals surface area contributed by atoms with Crippen LogP contribution in [0.15, 0.2) is 28.8 Å². The molecule has 3 aromatic rings. The van der Waals surface area contributed by atoms with Crippen LogP contribution in [0.1, 0.15) is 37.3 Å². The number of aromatic amines is 1. The number of amides is 2. The molecule has 0 bridgehead atoms. The zero-order valence-electron chi connectivity index (χ0n) is 16.1. The fraction of sp³-hybridized carbons (Fsp3) is 0.500. The quantitative estimate of drug-likeness (QED) is 0.683. The highest BCUT2D eigenvalue weighted by atomic mass is 16.5. The van der Waals surface area contributed by atoms with Crippen molar-refractivity contribution in [2.24, 2.45) is 5.92 Å². The molecule has 1 fully saturated rings. The number of aryl methyl sites for hydroxylation is 1. The summed E-state index contributed by atoms with van der Waals surface area (Å²) in [6.45, 7) is 4.03. The van der Waals surface area contributed by atoms with Crippen LogP contribution in [0.3, 0.4) is 0 Å². The first kappa shape index (κ1) is 18.5. The number of rotatable bonds is 6. The number of carbonyl (C=O) groups excluding carboxylic acids is 1. The monoisotopic (exact) mass is 382 g/mol. The van der Waals surface area contributed by atoms with E-state index in [9.17, 15) is 4.79 Å². The molecule has 148 valence electrons. The third-order valence-electron chi connectivity index (χ3n) is 5.16. The fourth-order valence-corrected chi connectivity index (χ4v) is 3.72. The van der Waals surface area contributed by atoms with Crippen LogP contribution in [0.5, 0.6) is 0 Å². The minimum absolute atomic E-state index is 0.0199. The molecule has 8 nitrogen and oxygen atoms in total. The molecule has 1 aliphatic rings. The molecule has 1 atom stereocenters. The van der Waals surface area contributed by atoms with Crippen LogP contribution in [-0.4, -0.2) is 50.7 Å². The summed E-state index contributed by atoms with van der Waals surface area (Å²) in [5.74, 6) is 2.69. The maximum Gasteiger partial charge on any atom is 0.317 e. The Morgan fingerprint density at radius 1 is 1.36 bits per heavy atom. The van der Waals surface area contributed by atoms with Crippen LogP contribution >= 0.6 is 0 Å². The van der Waals surface area contributed by atoms with Crippen LogP contribution in [0.25, 0.3) is 11.0 Å². The summed E-state index contributed by atoms with van der Waals surface area (Å²) in [7, 11) is 0. The number of nitrogens with zero attached hydrogens (tertiary/aromatic N) is 4. The summed E-state index contributed by atoms with van der Waals surface area (Å²) >= 11 is 0. The number of piperidine rings is 1. The number of imidazole rings is 1. The van der Waals surface area contributed by atoms with E-state index in [0.29, 0.717) is 30.6 Å². The van der Waals surface area contributed by atoms with E-state index in [4.69, 9.17) is 4.52 Å². The van der Waals surface area contributed by atoms with Gasteiger partial charge in [-0.2, -0.15) is 4.98 Å². The Morgan fingerprint density at radius 2 is 2.25 bits per heavy atom. The van der Waals surface area contributed by atoms with E-state index in [1.165, 1.54) is 0 Å². The van der Waals surface area contributed by atoms with E-state index < -0.39 is 0 Å². The molecule has 4 rings (SSSR count). The average Bonchev–Trinajstić information content (AvgIpc) is 3.34. The number of aromatic nitrogens is 4. The lowest BCUT2D eigenvalue weighted by Crippen LogP contribution is -2.46. The largest absolute Gasteiger partial charge is 0.342 e. The van der Waals surface area contributed by atoms with Crippen LogP contribution in [0, 0.1) is 5.92 Å². The molecule has 0 aliphatic carbocycles. The number of fused-ring (bicyclic) bond motifs is 1. The van der Waals surface area contributed by atoms with Gasteiger partial charge in [0, 0.05) is 38.9 Å². The summed E-state index contributed by atoms with van der Waals surface area (Å²) in [6.07, 6.45) is 4.29.